The van der Waals surface area contributed by atoms with Gasteiger partial charge in [0.15, 0.2) is 0 Å². The molecular formula is C9H9BrN2O5. The average Bonchev–Trinajstić information content (AvgIpc) is 2.22. The fourth-order valence-electron chi connectivity index (χ4n) is 1.24. The van der Waals surface area contributed by atoms with Gasteiger partial charge in [-0.15, -0.1) is 0 Å². The molecule has 0 saturated heterocycles. The Morgan fingerprint density at radius 2 is 2.18 bits per heavy atom. The van der Waals surface area contributed by atoms with E-state index < -0.39 is 28.4 Å². The summed E-state index contributed by atoms with van der Waals surface area (Å²) in [7, 11) is 0. The van der Waals surface area contributed by atoms with E-state index in [4.69, 9.17) is 10.8 Å². The average molecular weight is 305 g/mol. The Labute approximate surface area is 104 Å². The second kappa shape index (κ2) is 5.11. The maximum atomic E-state index is 10.6. The zero-order chi connectivity index (χ0) is 13.2. The number of aliphatic carboxylic acids is 1. The lowest BCUT2D eigenvalue weighted by Gasteiger charge is -2.07. The Balaban J connectivity index is 3.11. The second-order valence-electron chi connectivity index (χ2n) is 3.35. The largest absolute Gasteiger partial charge is 0.501 e. The van der Waals surface area contributed by atoms with Crippen LogP contribution in [0, 0.1) is 10.1 Å². The number of benzene rings is 1. The molecule has 1 rings (SSSR count). The first-order chi connectivity index (χ1) is 7.82. The van der Waals surface area contributed by atoms with Crippen molar-refractivity contribution in [2.45, 2.75) is 12.5 Å². The normalized spacial score (nSPS) is 12.1. The monoisotopic (exact) mass is 304 g/mol. The molecule has 1 atom stereocenters. The van der Waals surface area contributed by atoms with Gasteiger partial charge in [-0.3, -0.25) is 14.9 Å². The molecule has 0 aromatic heterocycles. The van der Waals surface area contributed by atoms with E-state index in [0.717, 1.165) is 6.07 Å². The number of carbonyl (C=O) groups is 1. The minimum Gasteiger partial charge on any atom is -0.501 e. The summed E-state index contributed by atoms with van der Waals surface area (Å²) in [5.74, 6) is -1.69. The molecule has 0 saturated carbocycles. The van der Waals surface area contributed by atoms with Gasteiger partial charge >= 0.3 is 11.7 Å². The lowest BCUT2D eigenvalue weighted by molar-refractivity contribution is -0.386. The molecule has 0 bridgehead atoms. The van der Waals surface area contributed by atoms with Crippen LogP contribution in [0.2, 0.25) is 0 Å². The summed E-state index contributed by atoms with van der Waals surface area (Å²) in [5, 5.41) is 28.6. The highest BCUT2D eigenvalue weighted by molar-refractivity contribution is 9.10. The van der Waals surface area contributed by atoms with Crippen molar-refractivity contribution in [2.75, 3.05) is 0 Å². The second-order valence-corrected chi connectivity index (χ2v) is 4.21. The predicted molar refractivity (Wildman–Crippen MR) is 61.8 cm³/mol. The van der Waals surface area contributed by atoms with Crippen molar-refractivity contribution in [1.82, 2.24) is 0 Å². The molecule has 0 spiro atoms. The molecule has 0 radical (unpaired) electrons. The summed E-state index contributed by atoms with van der Waals surface area (Å²) < 4.78 is 0.124. The van der Waals surface area contributed by atoms with Crippen LogP contribution >= 0.6 is 15.9 Å². The van der Waals surface area contributed by atoms with Crippen LogP contribution in [0.15, 0.2) is 16.6 Å². The molecule has 0 aliphatic rings. The van der Waals surface area contributed by atoms with Crippen molar-refractivity contribution in [3.63, 3.8) is 0 Å². The molecule has 92 valence electrons. The van der Waals surface area contributed by atoms with Crippen LogP contribution in [-0.4, -0.2) is 27.1 Å². The van der Waals surface area contributed by atoms with Crippen molar-refractivity contribution < 1.29 is 19.9 Å². The molecule has 7 nitrogen and oxygen atoms in total. The molecule has 0 heterocycles. The summed E-state index contributed by atoms with van der Waals surface area (Å²) in [4.78, 5) is 20.4. The van der Waals surface area contributed by atoms with Gasteiger partial charge < -0.3 is 15.9 Å². The lowest BCUT2D eigenvalue weighted by atomic mass is 10.1. The van der Waals surface area contributed by atoms with Crippen LogP contribution in [-0.2, 0) is 11.2 Å². The van der Waals surface area contributed by atoms with Gasteiger partial charge in [0.25, 0.3) is 0 Å². The molecule has 0 aliphatic heterocycles. The van der Waals surface area contributed by atoms with Gasteiger partial charge in [0.1, 0.15) is 6.04 Å². The highest BCUT2D eigenvalue weighted by Crippen LogP contribution is 2.35. The zero-order valence-electron chi connectivity index (χ0n) is 8.46. The number of phenols is 1. The Hall–Kier alpha value is -1.67. The maximum absolute atomic E-state index is 10.6. The van der Waals surface area contributed by atoms with Crippen molar-refractivity contribution >= 4 is 27.6 Å². The van der Waals surface area contributed by atoms with E-state index in [9.17, 15) is 20.0 Å². The van der Waals surface area contributed by atoms with E-state index in [1.54, 1.807) is 0 Å². The van der Waals surface area contributed by atoms with Crippen molar-refractivity contribution in [2.24, 2.45) is 5.73 Å². The molecule has 1 aromatic carbocycles. The Morgan fingerprint density at radius 1 is 1.59 bits per heavy atom. The number of nitrogens with two attached hydrogens (primary N) is 1. The highest BCUT2D eigenvalue weighted by Gasteiger charge is 2.20. The maximum Gasteiger partial charge on any atom is 0.320 e. The fraction of sp³-hybridized carbons (Fsp3) is 0.222. The molecule has 0 aliphatic carbocycles. The Bertz CT molecular complexity index is 477. The number of hydrogen-bond acceptors (Lipinski definition) is 5. The molecular weight excluding hydrogens is 296 g/mol. The van der Waals surface area contributed by atoms with Gasteiger partial charge in [0.2, 0.25) is 5.75 Å². The van der Waals surface area contributed by atoms with Gasteiger partial charge in [-0.25, -0.2) is 0 Å². The van der Waals surface area contributed by atoms with Gasteiger partial charge in [0, 0.05) is 6.07 Å². The van der Waals surface area contributed by atoms with E-state index >= 15 is 0 Å². The molecule has 0 amide bonds. The van der Waals surface area contributed by atoms with Crippen molar-refractivity contribution in [3.8, 4) is 5.75 Å². The van der Waals surface area contributed by atoms with E-state index in [1.165, 1.54) is 6.07 Å². The summed E-state index contributed by atoms with van der Waals surface area (Å²) in [6.07, 6.45) is -0.0605. The molecule has 1 aromatic rings. The Kier molecular flexibility index (Phi) is 4.02. The van der Waals surface area contributed by atoms with Crippen LogP contribution in [0.25, 0.3) is 0 Å². The zero-order valence-corrected chi connectivity index (χ0v) is 10.0. The van der Waals surface area contributed by atoms with Crippen molar-refractivity contribution in [3.05, 3.63) is 32.3 Å². The first-order valence-electron chi connectivity index (χ1n) is 4.47. The summed E-state index contributed by atoms with van der Waals surface area (Å²) in [6.45, 7) is 0. The van der Waals surface area contributed by atoms with E-state index in [-0.39, 0.29) is 10.9 Å². The topological polar surface area (TPSA) is 127 Å². The highest BCUT2D eigenvalue weighted by atomic mass is 79.9. The number of hydrogen-bond donors (Lipinski definition) is 3. The molecule has 17 heavy (non-hydrogen) atoms. The quantitative estimate of drug-likeness (QED) is 0.563. The van der Waals surface area contributed by atoms with Gasteiger partial charge in [0.05, 0.1) is 9.40 Å². The summed E-state index contributed by atoms with van der Waals surface area (Å²) in [5.41, 5.74) is 5.18. The van der Waals surface area contributed by atoms with E-state index in [2.05, 4.69) is 15.9 Å². The van der Waals surface area contributed by atoms with Gasteiger partial charge in [-0.2, -0.15) is 0 Å². The third-order valence-corrected chi connectivity index (χ3v) is 2.68. The number of nitrogens with zero attached hydrogens (tertiary/aromatic N) is 1. The van der Waals surface area contributed by atoms with Crippen molar-refractivity contribution in [1.29, 1.82) is 0 Å². The minimum absolute atomic E-state index is 0.0605. The molecule has 0 unspecified atom stereocenters. The lowest BCUT2D eigenvalue weighted by Crippen LogP contribution is -2.32. The summed E-state index contributed by atoms with van der Waals surface area (Å²) in [6, 6.07) is 1.35. The minimum atomic E-state index is -1.20. The fourth-order valence-corrected chi connectivity index (χ4v) is 1.73. The molecule has 0 fully saturated rings. The first kappa shape index (κ1) is 13.4. The van der Waals surface area contributed by atoms with E-state index in [1.807, 2.05) is 0 Å². The number of halogens is 1. The standard InChI is InChI=1S/C9H9BrN2O5/c10-5-1-4(2-6(11)9(14)15)3-7(8(5)13)12(16)17/h1,3,6,13H,2,11H2,(H,14,15)/t6-/m0/s1. The number of nitro groups is 1. The number of carboxylic acid groups (broad SMARTS) is 1. The number of carboxylic acids is 1. The number of aromatic hydroxyl groups is 1. The predicted octanol–water partition coefficient (Wildman–Crippen LogP) is 1.02. The third kappa shape index (κ3) is 3.14. The SMILES string of the molecule is N[C@@H](Cc1cc(Br)c(O)c([N+](=O)[O-])c1)C(=O)O. The smallest absolute Gasteiger partial charge is 0.320 e. The summed E-state index contributed by atoms with van der Waals surface area (Å²) >= 11 is 2.95. The third-order valence-electron chi connectivity index (χ3n) is 2.07. The van der Waals surface area contributed by atoms with Gasteiger partial charge in [-0.1, -0.05) is 0 Å². The number of nitro benzene ring substituents is 1. The van der Waals surface area contributed by atoms with Crippen LogP contribution in [0.1, 0.15) is 5.56 Å². The molecule has 4 N–H and O–H groups in total. The van der Waals surface area contributed by atoms with Crippen LogP contribution in [0.3, 0.4) is 0 Å². The first-order valence-corrected chi connectivity index (χ1v) is 5.26. The van der Waals surface area contributed by atoms with Crippen LogP contribution in [0.4, 0.5) is 5.69 Å². The number of rotatable bonds is 4. The van der Waals surface area contributed by atoms with Crippen LogP contribution in [0.5, 0.6) is 5.75 Å². The number of phenolic OH excluding ortho intramolecular Hbond substituents is 1. The molecule has 8 heteroatoms. The van der Waals surface area contributed by atoms with Gasteiger partial charge in [-0.05, 0) is 34.0 Å². The van der Waals surface area contributed by atoms with Crippen LogP contribution < -0.4 is 5.73 Å². The van der Waals surface area contributed by atoms with E-state index in [0.29, 0.717) is 5.56 Å². The Morgan fingerprint density at radius 3 is 2.65 bits per heavy atom.